The van der Waals surface area contributed by atoms with Crippen LogP contribution in [0.5, 0.6) is 0 Å². The van der Waals surface area contributed by atoms with E-state index < -0.39 is 30.1 Å². The lowest BCUT2D eigenvalue weighted by molar-refractivity contribution is -0.0612. The second kappa shape index (κ2) is 6.35. The topological polar surface area (TPSA) is 114 Å². The molecular formula is C13H18N2O6. The van der Waals surface area contributed by atoms with Gasteiger partial charge in [0.05, 0.1) is 12.4 Å². The lowest BCUT2D eigenvalue weighted by Crippen LogP contribution is -2.35. The van der Waals surface area contributed by atoms with Gasteiger partial charge in [-0.25, -0.2) is 0 Å². The zero-order valence-corrected chi connectivity index (χ0v) is 11.7. The summed E-state index contributed by atoms with van der Waals surface area (Å²) in [4.78, 5) is 15.2. The Morgan fingerprint density at radius 3 is 2.90 bits per heavy atom. The Kier molecular flexibility index (Phi) is 4.73. The monoisotopic (exact) mass is 298 g/mol. The number of rotatable bonds is 4. The van der Waals surface area contributed by atoms with Crippen LogP contribution in [-0.2, 0) is 9.47 Å². The Morgan fingerprint density at radius 1 is 1.62 bits per heavy atom. The molecular weight excluding hydrogens is 280 g/mol. The van der Waals surface area contributed by atoms with Gasteiger partial charge in [-0.2, -0.15) is 4.98 Å². The van der Waals surface area contributed by atoms with Crippen LogP contribution < -0.4 is 5.56 Å². The van der Waals surface area contributed by atoms with Crippen molar-refractivity contribution >= 4 is 6.08 Å². The first-order chi connectivity index (χ1) is 9.97. The fourth-order valence-electron chi connectivity index (χ4n) is 2.29. The Balaban J connectivity index is 2.46. The molecule has 0 saturated carbocycles. The van der Waals surface area contributed by atoms with Crippen LogP contribution in [0.25, 0.3) is 6.08 Å². The van der Waals surface area contributed by atoms with Gasteiger partial charge in [0.1, 0.15) is 24.1 Å². The number of hydrogen-bond acceptors (Lipinski definition) is 7. The summed E-state index contributed by atoms with van der Waals surface area (Å²) in [7, 11) is 1.41. The minimum absolute atomic E-state index is 0.0342. The van der Waals surface area contributed by atoms with Crippen molar-refractivity contribution in [3.63, 3.8) is 0 Å². The molecule has 1 aromatic heterocycles. The van der Waals surface area contributed by atoms with Gasteiger partial charge in [-0.05, 0) is 6.92 Å². The van der Waals surface area contributed by atoms with Gasteiger partial charge in [0.2, 0.25) is 0 Å². The summed E-state index contributed by atoms with van der Waals surface area (Å²) in [5.41, 5.74) is -0.468. The van der Waals surface area contributed by atoms with Crippen molar-refractivity contribution in [1.29, 1.82) is 0 Å². The zero-order chi connectivity index (χ0) is 15.6. The van der Waals surface area contributed by atoms with E-state index in [2.05, 4.69) is 4.98 Å². The van der Waals surface area contributed by atoms with Crippen LogP contribution in [0.1, 0.15) is 19.0 Å². The van der Waals surface area contributed by atoms with Gasteiger partial charge in [-0.1, -0.05) is 0 Å². The number of ether oxygens (including phenoxy) is 2. The van der Waals surface area contributed by atoms with Crippen LogP contribution in [0, 0.1) is 0 Å². The van der Waals surface area contributed by atoms with E-state index in [4.69, 9.17) is 9.47 Å². The van der Waals surface area contributed by atoms with Crippen LogP contribution in [0.4, 0.5) is 0 Å². The molecule has 1 aromatic rings. The van der Waals surface area contributed by atoms with Crippen molar-refractivity contribution in [2.24, 2.45) is 0 Å². The van der Waals surface area contributed by atoms with Crippen molar-refractivity contribution in [2.75, 3.05) is 13.7 Å². The molecule has 0 unspecified atom stereocenters. The van der Waals surface area contributed by atoms with Crippen molar-refractivity contribution in [1.82, 2.24) is 9.55 Å². The number of aromatic nitrogens is 2. The van der Waals surface area contributed by atoms with Crippen LogP contribution in [0.15, 0.2) is 22.8 Å². The second-order valence-electron chi connectivity index (χ2n) is 4.76. The molecule has 2 heterocycles. The molecule has 3 N–H and O–H groups in total. The predicted molar refractivity (Wildman–Crippen MR) is 72.6 cm³/mol. The third-order valence-electron chi connectivity index (χ3n) is 3.24. The van der Waals surface area contributed by atoms with E-state index in [-0.39, 0.29) is 18.2 Å². The third kappa shape index (κ3) is 3.13. The van der Waals surface area contributed by atoms with Gasteiger partial charge in [-0.15, -0.1) is 0 Å². The van der Waals surface area contributed by atoms with Gasteiger partial charge in [0.25, 0.3) is 5.56 Å². The summed E-state index contributed by atoms with van der Waals surface area (Å²) in [5.74, 6) is 0.133. The molecule has 8 heteroatoms. The predicted octanol–water partition coefficient (Wildman–Crippen LogP) is -0.572. The molecule has 1 saturated heterocycles. The van der Waals surface area contributed by atoms with Gasteiger partial charge >= 0.3 is 0 Å². The van der Waals surface area contributed by atoms with Crippen LogP contribution in [0.2, 0.25) is 0 Å². The zero-order valence-electron chi connectivity index (χ0n) is 11.7. The van der Waals surface area contributed by atoms with E-state index in [1.54, 1.807) is 0 Å². The van der Waals surface area contributed by atoms with E-state index in [1.165, 1.54) is 36.9 Å². The quantitative estimate of drug-likeness (QED) is 0.638. The Morgan fingerprint density at radius 2 is 2.33 bits per heavy atom. The first-order valence-corrected chi connectivity index (χ1v) is 6.41. The summed E-state index contributed by atoms with van der Waals surface area (Å²) in [5, 5.41) is 28.6. The molecule has 1 aliphatic rings. The molecule has 0 bridgehead atoms. The minimum atomic E-state index is -1.02. The van der Waals surface area contributed by atoms with E-state index in [9.17, 15) is 20.1 Å². The van der Waals surface area contributed by atoms with E-state index >= 15 is 0 Å². The highest BCUT2D eigenvalue weighted by Crippen LogP contribution is 2.31. The number of nitrogens with zero attached hydrogens (tertiary/aromatic N) is 2. The van der Waals surface area contributed by atoms with E-state index in [1.807, 2.05) is 0 Å². The van der Waals surface area contributed by atoms with Gasteiger partial charge in [-0.3, -0.25) is 4.79 Å². The summed E-state index contributed by atoms with van der Waals surface area (Å²) < 4.78 is 12.2. The van der Waals surface area contributed by atoms with Crippen molar-refractivity contribution in [3.8, 4) is 0 Å². The SMILES string of the molecule is CO[C@@H]1[C@H](O)[C@@H](CO)O[C@H]1n1ccc(=O)nc1/C=C(/C)O. The lowest BCUT2D eigenvalue weighted by atomic mass is 10.1. The number of aliphatic hydroxyl groups is 3. The van der Waals surface area contributed by atoms with Crippen LogP contribution >= 0.6 is 0 Å². The Bertz CT molecular complexity index is 580. The van der Waals surface area contributed by atoms with Gasteiger partial charge in [0.15, 0.2) is 6.23 Å². The maximum atomic E-state index is 11.4. The van der Waals surface area contributed by atoms with Crippen LogP contribution in [0.3, 0.4) is 0 Å². The van der Waals surface area contributed by atoms with Crippen molar-refractivity contribution < 1.29 is 24.8 Å². The second-order valence-corrected chi connectivity index (χ2v) is 4.76. The maximum absolute atomic E-state index is 11.4. The maximum Gasteiger partial charge on any atom is 0.273 e. The lowest BCUT2D eigenvalue weighted by Gasteiger charge is -2.22. The Labute approximate surface area is 120 Å². The van der Waals surface area contributed by atoms with Crippen molar-refractivity contribution in [3.05, 3.63) is 34.2 Å². The van der Waals surface area contributed by atoms with Gasteiger partial charge in [0, 0.05) is 25.4 Å². The normalized spacial score (nSPS) is 29.8. The summed E-state index contributed by atoms with van der Waals surface area (Å²) in [6, 6.07) is 1.23. The van der Waals surface area contributed by atoms with E-state index in [0.717, 1.165) is 0 Å². The standard InChI is InChI=1S/C13H18N2O6/c1-7(17)5-9-14-10(18)3-4-15(9)13-12(20-2)11(19)8(6-16)21-13/h3-5,8,11-13,16-17,19H,6H2,1-2H3/b7-5-/t8-,11-,12-,13-/m1/s1. The molecule has 2 rings (SSSR count). The number of methoxy groups -OCH3 is 1. The summed E-state index contributed by atoms with van der Waals surface area (Å²) in [6.45, 7) is 1.08. The van der Waals surface area contributed by atoms with E-state index in [0.29, 0.717) is 0 Å². The molecule has 21 heavy (non-hydrogen) atoms. The first kappa shape index (κ1) is 15.6. The largest absolute Gasteiger partial charge is 0.512 e. The average Bonchev–Trinajstić information content (AvgIpc) is 2.74. The van der Waals surface area contributed by atoms with Gasteiger partial charge < -0.3 is 29.4 Å². The molecule has 0 spiro atoms. The third-order valence-corrected chi connectivity index (χ3v) is 3.24. The molecule has 1 fully saturated rings. The summed E-state index contributed by atoms with van der Waals surface area (Å²) in [6.07, 6.45) is -0.593. The molecule has 1 aliphatic heterocycles. The van der Waals surface area contributed by atoms with Crippen LogP contribution in [-0.4, -0.2) is 56.9 Å². The first-order valence-electron chi connectivity index (χ1n) is 6.41. The number of allylic oxidation sites excluding steroid dienone is 1. The molecule has 0 amide bonds. The minimum Gasteiger partial charge on any atom is -0.512 e. The average molecular weight is 298 g/mol. The Hall–Kier alpha value is -1.74. The fraction of sp³-hybridized carbons (Fsp3) is 0.538. The highest BCUT2D eigenvalue weighted by atomic mass is 16.6. The van der Waals surface area contributed by atoms with Crippen molar-refractivity contribution in [2.45, 2.75) is 31.5 Å². The molecule has 0 radical (unpaired) electrons. The number of aliphatic hydroxyl groups excluding tert-OH is 3. The fourth-order valence-corrected chi connectivity index (χ4v) is 2.29. The smallest absolute Gasteiger partial charge is 0.273 e. The molecule has 0 aliphatic carbocycles. The number of hydrogen-bond donors (Lipinski definition) is 3. The molecule has 4 atom stereocenters. The highest BCUT2D eigenvalue weighted by Gasteiger charge is 2.45. The molecule has 8 nitrogen and oxygen atoms in total. The molecule has 116 valence electrons. The molecule has 0 aromatic carbocycles. The highest BCUT2D eigenvalue weighted by molar-refractivity contribution is 5.42. The summed E-state index contributed by atoms with van der Waals surface area (Å²) >= 11 is 0.